The number of hydrogen-bond acceptors (Lipinski definition) is 4. The van der Waals surface area contributed by atoms with Gasteiger partial charge in [0.2, 0.25) is 10.0 Å². The van der Waals surface area contributed by atoms with Gasteiger partial charge in [-0.3, -0.25) is 0 Å². The molecule has 2 aromatic rings. The fourth-order valence-corrected chi connectivity index (χ4v) is 2.79. The molecule has 2 N–H and O–H groups in total. The fraction of sp³-hybridized carbons (Fsp3) is 0.250. The summed E-state index contributed by atoms with van der Waals surface area (Å²) < 4.78 is 25.9. The molecular weight excluding hydrogens is 330 g/mol. The second-order valence-corrected chi connectivity index (χ2v) is 6.84. The maximum absolute atomic E-state index is 11.3. The van der Waals surface area contributed by atoms with E-state index in [9.17, 15) is 8.42 Å². The monoisotopic (exact) mass is 343 g/mol. The maximum Gasteiger partial charge on any atom is 0.213 e. The van der Waals surface area contributed by atoms with Gasteiger partial charge in [0.15, 0.2) is 0 Å². The molecule has 0 bridgehead atoms. The Hall–Kier alpha value is -1.18. The van der Waals surface area contributed by atoms with Crippen LogP contribution in [-0.2, 0) is 10.0 Å². The van der Waals surface area contributed by atoms with E-state index in [2.05, 4.69) is 31.0 Å². The van der Waals surface area contributed by atoms with E-state index in [1.54, 1.807) is 6.20 Å². The van der Waals surface area contributed by atoms with Gasteiger partial charge < -0.3 is 5.32 Å². The number of hydrogen-bond donors (Lipinski definition) is 2. The van der Waals surface area contributed by atoms with E-state index in [0.717, 1.165) is 15.2 Å². The lowest BCUT2D eigenvalue weighted by molar-refractivity contribution is 0.588. The molecule has 19 heavy (non-hydrogen) atoms. The van der Waals surface area contributed by atoms with Gasteiger partial charge in [0.05, 0.1) is 5.75 Å². The van der Waals surface area contributed by atoms with Crippen LogP contribution < -0.4 is 10.0 Å². The van der Waals surface area contributed by atoms with Crippen molar-refractivity contribution < 1.29 is 8.42 Å². The quantitative estimate of drug-likeness (QED) is 0.870. The van der Waals surface area contributed by atoms with Gasteiger partial charge in [-0.15, -0.1) is 0 Å². The Bertz CT molecular complexity index is 688. The molecule has 0 saturated carbocycles. The average molecular weight is 344 g/mol. The summed E-state index contributed by atoms with van der Waals surface area (Å²) in [6.45, 7) is 0.307. The predicted molar refractivity (Wildman–Crippen MR) is 80.8 cm³/mol. The van der Waals surface area contributed by atoms with Crippen LogP contribution in [0.15, 0.2) is 34.9 Å². The van der Waals surface area contributed by atoms with Crippen molar-refractivity contribution in [3.05, 3.63) is 34.9 Å². The summed E-state index contributed by atoms with van der Waals surface area (Å²) in [6, 6.07) is 7.73. The second kappa shape index (κ2) is 5.85. The molecule has 7 heteroatoms. The summed E-state index contributed by atoms with van der Waals surface area (Å²) in [5.74, 6) is 0.695. The molecule has 1 heterocycles. The van der Waals surface area contributed by atoms with Crippen LogP contribution >= 0.6 is 15.9 Å². The summed E-state index contributed by atoms with van der Waals surface area (Å²) >= 11 is 3.48. The molecule has 0 amide bonds. The molecule has 1 aromatic heterocycles. The lowest BCUT2D eigenvalue weighted by atomic mass is 10.1. The first-order valence-corrected chi connectivity index (χ1v) is 8.16. The van der Waals surface area contributed by atoms with Gasteiger partial charge in [-0.25, -0.2) is 18.1 Å². The summed E-state index contributed by atoms with van der Waals surface area (Å²) in [5, 5.41) is 5.05. The summed E-state index contributed by atoms with van der Waals surface area (Å²) in [6.07, 6.45) is 1.70. The Morgan fingerprint density at radius 1 is 1.26 bits per heavy atom. The number of halogens is 1. The third-order valence-corrected chi connectivity index (χ3v) is 4.78. The Morgan fingerprint density at radius 2 is 2.05 bits per heavy atom. The first-order valence-electron chi connectivity index (χ1n) is 5.72. The maximum atomic E-state index is 11.3. The highest BCUT2D eigenvalue weighted by molar-refractivity contribution is 9.10. The fourth-order valence-electron chi connectivity index (χ4n) is 1.72. The van der Waals surface area contributed by atoms with E-state index < -0.39 is 10.0 Å². The average Bonchev–Trinajstić information content (AvgIpc) is 2.40. The van der Waals surface area contributed by atoms with E-state index in [-0.39, 0.29) is 5.75 Å². The molecule has 0 atom stereocenters. The van der Waals surface area contributed by atoms with E-state index in [1.807, 2.05) is 24.3 Å². The molecule has 0 unspecified atom stereocenters. The number of sulfonamides is 1. The Kier molecular flexibility index (Phi) is 4.38. The van der Waals surface area contributed by atoms with E-state index in [4.69, 9.17) is 0 Å². The Morgan fingerprint density at radius 3 is 2.79 bits per heavy atom. The topological polar surface area (TPSA) is 71.1 Å². The number of rotatable bonds is 5. The molecule has 0 saturated heterocycles. The number of pyridine rings is 1. The number of nitrogens with one attached hydrogen (secondary N) is 2. The van der Waals surface area contributed by atoms with E-state index in [0.29, 0.717) is 12.4 Å². The number of benzene rings is 1. The number of anilines is 1. The van der Waals surface area contributed by atoms with Crippen molar-refractivity contribution in [3.63, 3.8) is 0 Å². The van der Waals surface area contributed by atoms with Crippen molar-refractivity contribution in [2.24, 2.45) is 0 Å². The molecule has 1 aromatic carbocycles. The highest BCUT2D eigenvalue weighted by atomic mass is 79.9. The van der Waals surface area contributed by atoms with Gasteiger partial charge in [0, 0.05) is 28.0 Å². The second-order valence-electron chi connectivity index (χ2n) is 3.94. The molecule has 5 nitrogen and oxygen atoms in total. The van der Waals surface area contributed by atoms with Crippen LogP contribution in [0.3, 0.4) is 0 Å². The zero-order valence-electron chi connectivity index (χ0n) is 10.4. The van der Waals surface area contributed by atoms with E-state index in [1.165, 1.54) is 7.05 Å². The van der Waals surface area contributed by atoms with Crippen molar-refractivity contribution >= 4 is 42.5 Å². The van der Waals surface area contributed by atoms with Gasteiger partial charge in [-0.05, 0) is 19.2 Å². The van der Waals surface area contributed by atoms with Crippen LogP contribution in [0.5, 0.6) is 0 Å². The number of nitrogens with zero attached hydrogens (tertiary/aromatic N) is 1. The minimum atomic E-state index is -3.20. The van der Waals surface area contributed by atoms with Gasteiger partial charge >= 0.3 is 0 Å². The molecule has 0 spiro atoms. The highest BCUT2D eigenvalue weighted by Crippen LogP contribution is 2.27. The zero-order valence-corrected chi connectivity index (χ0v) is 12.8. The lowest BCUT2D eigenvalue weighted by Crippen LogP contribution is -2.26. The first-order chi connectivity index (χ1) is 9.03. The zero-order chi connectivity index (χ0) is 13.9. The molecule has 2 rings (SSSR count). The third kappa shape index (κ3) is 3.43. The smallest absolute Gasteiger partial charge is 0.213 e. The first kappa shape index (κ1) is 14.2. The van der Waals surface area contributed by atoms with Crippen molar-refractivity contribution in [1.29, 1.82) is 0 Å². The number of aromatic nitrogens is 1. The SMILES string of the molecule is CNS(=O)(=O)CCNc1nccc2c(Br)cccc12. The summed E-state index contributed by atoms with van der Waals surface area (Å²) in [7, 11) is -1.80. The molecule has 0 fully saturated rings. The van der Waals surface area contributed by atoms with Crippen molar-refractivity contribution in [1.82, 2.24) is 9.71 Å². The van der Waals surface area contributed by atoms with Gasteiger partial charge in [0.1, 0.15) is 5.82 Å². The molecular formula is C12H14BrN3O2S. The van der Waals surface area contributed by atoms with Crippen molar-refractivity contribution in [2.75, 3.05) is 24.7 Å². The van der Waals surface area contributed by atoms with Crippen molar-refractivity contribution in [3.8, 4) is 0 Å². The summed E-state index contributed by atoms with van der Waals surface area (Å²) in [4.78, 5) is 4.25. The number of fused-ring (bicyclic) bond motifs is 1. The Labute approximate surface area is 120 Å². The normalized spacial score (nSPS) is 11.7. The largest absolute Gasteiger partial charge is 0.368 e. The van der Waals surface area contributed by atoms with Gasteiger partial charge in [0.25, 0.3) is 0 Å². The van der Waals surface area contributed by atoms with Crippen LogP contribution in [0.2, 0.25) is 0 Å². The third-order valence-electron chi connectivity index (χ3n) is 2.73. The molecule has 0 aliphatic heterocycles. The highest BCUT2D eigenvalue weighted by Gasteiger charge is 2.08. The summed E-state index contributed by atoms with van der Waals surface area (Å²) in [5.41, 5.74) is 0. The molecule has 0 radical (unpaired) electrons. The molecule has 0 aliphatic rings. The van der Waals surface area contributed by atoms with E-state index >= 15 is 0 Å². The predicted octanol–water partition coefficient (Wildman–Crippen LogP) is 1.96. The van der Waals surface area contributed by atoms with Gasteiger partial charge in [-0.1, -0.05) is 28.1 Å². The standard InChI is InChI=1S/C12H14BrN3O2S/c1-14-19(17,18)8-7-16-12-10-3-2-4-11(13)9(10)5-6-15-12/h2-6,14H,7-8H2,1H3,(H,15,16). The lowest BCUT2D eigenvalue weighted by Gasteiger charge is -2.09. The minimum absolute atomic E-state index is 0.00949. The molecule has 102 valence electrons. The van der Waals surface area contributed by atoms with Crippen LogP contribution in [0.25, 0.3) is 10.8 Å². The minimum Gasteiger partial charge on any atom is -0.368 e. The van der Waals surface area contributed by atoms with Crippen LogP contribution in [0.4, 0.5) is 5.82 Å². The van der Waals surface area contributed by atoms with Crippen molar-refractivity contribution in [2.45, 2.75) is 0 Å². The molecule has 0 aliphatic carbocycles. The van der Waals surface area contributed by atoms with Crippen LogP contribution in [0.1, 0.15) is 0 Å². The van der Waals surface area contributed by atoms with Crippen LogP contribution in [-0.4, -0.2) is 32.7 Å². The van der Waals surface area contributed by atoms with Gasteiger partial charge in [-0.2, -0.15) is 0 Å². The Balaban J connectivity index is 2.20. The van der Waals surface area contributed by atoms with Crippen LogP contribution in [0, 0.1) is 0 Å².